The third kappa shape index (κ3) is 3.81. The van der Waals surface area contributed by atoms with Gasteiger partial charge in [0.25, 0.3) is 0 Å². The summed E-state index contributed by atoms with van der Waals surface area (Å²) in [4.78, 5) is 8.94. The average Bonchev–Trinajstić information content (AvgIpc) is 3.36. The maximum absolute atomic E-state index is 8.74. The molecule has 0 aliphatic heterocycles. The SMILES string of the molecule is Cc1cc(Nc2cc(C3CC3)[nH]n2)nc(Nc2ccc(CC#N)cc2)n1. The lowest BCUT2D eigenvalue weighted by molar-refractivity contribution is 0.966. The quantitative estimate of drug-likeness (QED) is 0.625. The van der Waals surface area contributed by atoms with Gasteiger partial charge in [0.1, 0.15) is 5.82 Å². The second-order valence-corrected chi connectivity index (χ2v) is 6.48. The van der Waals surface area contributed by atoms with Crippen molar-refractivity contribution in [2.24, 2.45) is 0 Å². The number of hydrogen-bond acceptors (Lipinski definition) is 6. The molecular weight excluding hydrogens is 326 g/mol. The summed E-state index contributed by atoms with van der Waals surface area (Å²) in [7, 11) is 0. The molecule has 130 valence electrons. The summed E-state index contributed by atoms with van der Waals surface area (Å²) in [6.07, 6.45) is 2.87. The molecule has 0 spiro atoms. The first-order valence-electron chi connectivity index (χ1n) is 8.60. The summed E-state index contributed by atoms with van der Waals surface area (Å²) < 4.78 is 0. The van der Waals surface area contributed by atoms with Crippen LogP contribution in [0.4, 0.5) is 23.3 Å². The Morgan fingerprint density at radius 3 is 2.65 bits per heavy atom. The largest absolute Gasteiger partial charge is 0.324 e. The number of nitrogens with zero attached hydrogens (tertiary/aromatic N) is 4. The van der Waals surface area contributed by atoms with Crippen molar-refractivity contribution in [2.75, 3.05) is 10.6 Å². The lowest BCUT2D eigenvalue weighted by Gasteiger charge is -2.09. The smallest absolute Gasteiger partial charge is 0.229 e. The van der Waals surface area contributed by atoms with Crippen molar-refractivity contribution in [2.45, 2.75) is 32.1 Å². The fraction of sp³-hybridized carbons (Fsp3) is 0.263. The number of aryl methyl sites for hydroxylation is 1. The van der Waals surface area contributed by atoms with Gasteiger partial charge in [-0.2, -0.15) is 15.3 Å². The van der Waals surface area contributed by atoms with Crippen molar-refractivity contribution in [3.63, 3.8) is 0 Å². The molecule has 0 radical (unpaired) electrons. The van der Waals surface area contributed by atoms with Gasteiger partial charge < -0.3 is 10.6 Å². The zero-order valence-corrected chi connectivity index (χ0v) is 14.5. The minimum absolute atomic E-state index is 0.405. The number of benzene rings is 1. The number of nitriles is 1. The molecule has 0 atom stereocenters. The van der Waals surface area contributed by atoms with E-state index in [4.69, 9.17) is 5.26 Å². The third-order valence-electron chi connectivity index (χ3n) is 4.22. The Morgan fingerprint density at radius 2 is 1.92 bits per heavy atom. The second kappa shape index (κ2) is 6.84. The molecule has 1 aromatic carbocycles. The average molecular weight is 345 g/mol. The lowest BCUT2D eigenvalue weighted by atomic mass is 10.1. The molecule has 0 saturated heterocycles. The lowest BCUT2D eigenvalue weighted by Crippen LogP contribution is -2.02. The summed E-state index contributed by atoms with van der Waals surface area (Å²) in [6, 6.07) is 13.7. The summed E-state index contributed by atoms with van der Waals surface area (Å²) in [5.74, 6) is 2.59. The van der Waals surface area contributed by atoms with Crippen LogP contribution in [0.15, 0.2) is 36.4 Å². The Bertz CT molecular complexity index is 949. The molecule has 1 aliphatic rings. The van der Waals surface area contributed by atoms with Gasteiger partial charge in [-0.15, -0.1) is 0 Å². The summed E-state index contributed by atoms with van der Waals surface area (Å²) in [5, 5.41) is 22.6. The zero-order chi connectivity index (χ0) is 17.9. The Balaban J connectivity index is 1.48. The molecule has 3 aromatic rings. The first-order valence-corrected chi connectivity index (χ1v) is 8.60. The van der Waals surface area contributed by atoms with E-state index in [1.165, 1.54) is 18.5 Å². The van der Waals surface area contributed by atoms with E-state index in [0.717, 1.165) is 22.8 Å². The van der Waals surface area contributed by atoms with E-state index in [2.05, 4.69) is 36.9 Å². The van der Waals surface area contributed by atoms with E-state index >= 15 is 0 Å². The van der Waals surface area contributed by atoms with E-state index in [0.29, 0.717) is 24.1 Å². The number of anilines is 4. The predicted octanol–water partition coefficient (Wildman–Crippen LogP) is 3.94. The Labute approximate surface area is 151 Å². The van der Waals surface area contributed by atoms with Gasteiger partial charge in [-0.25, -0.2) is 4.98 Å². The van der Waals surface area contributed by atoms with Crippen LogP contribution in [-0.4, -0.2) is 20.2 Å². The first kappa shape index (κ1) is 16.1. The number of nitrogens with one attached hydrogen (secondary N) is 3. The van der Waals surface area contributed by atoms with Crippen molar-refractivity contribution < 1.29 is 0 Å². The van der Waals surface area contributed by atoms with E-state index in [-0.39, 0.29) is 0 Å². The van der Waals surface area contributed by atoms with Gasteiger partial charge in [-0.3, -0.25) is 5.10 Å². The van der Waals surface area contributed by atoms with Gasteiger partial charge in [0, 0.05) is 35.1 Å². The van der Waals surface area contributed by atoms with Crippen LogP contribution in [0.5, 0.6) is 0 Å². The minimum atomic E-state index is 0.405. The summed E-state index contributed by atoms with van der Waals surface area (Å²) in [6.45, 7) is 1.92. The molecule has 2 heterocycles. The molecule has 1 fully saturated rings. The monoisotopic (exact) mass is 345 g/mol. The van der Waals surface area contributed by atoms with Crippen molar-refractivity contribution in [3.05, 3.63) is 53.3 Å². The Kier molecular flexibility index (Phi) is 4.23. The maximum atomic E-state index is 8.74. The van der Waals surface area contributed by atoms with Gasteiger partial charge >= 0.3 is 0 Å². The van der Waals surface area contributed by atoms with Gasteiger partial charge in [0.15, 0.2) is 5.82 Å². The van der Waals surface area contributed by atoms with Crippen LogP contribution in [-0.2, 0) is 6.42 Å². The van der Waals surface area contributed by atoms with Crippen LogP contribution in [0.25, 0.3) is 0 Å². The van der Waals surface area contributed by atoms with E-state index in [1.807, 2.05) is 43.3 Å². The van der Waals surface area contributed by atoms with Crippen LogP contribution in [0.3, 0.4) is 0 Å². The van der Waals surface area contributed by atoms with E-state index in [9.17, 15) is 0 Å². The van der Waals surface area contributed by atoms with Crippen LogP contribution >= 0.6 is 0 Å². The normalized spacial score (nSPS) is 13.2. The number of hydrogen-bond donors (Lipinski definition) is 3. The minimum Gasteiger partial charge on any atom is -0.324 e. The van der Waals surface area contributed by atoms with Crippen LogP contribution in [0.2, 0.25) is 0 Å². The molecule has 7 nitrogen and oxygen atoms in total. The Morgan fingerprint density at radius 1 is 1.12 bits per heavy atom. The Hall–Kier alpha value is -3.40. The molecule has 0 amide bonds. The zero-order valence-electron chi connectivity index (χ0n) is 14.5. The highest BCUT2D eigenvalue weighted by Gasteiger charge is 2.25. The van der Waals surface area contributed by atoms with Crippen LogP contribution in [0.1, 0.15) is 35.7 Å². The molecule has 3 N–H and O–H groups in total. The van der Waals surface area contributed by atoms with Gasteiger partial charge in [-0.1, -0.05) is 12.1 Å². The molecule has 2 aromatic heterocycles. The predicted molar refractivity (Wildman–Crippen MR) is 99.7 cm³/mol. The van der Waals surface area contributed by atoms with Crippen molar-refractivity contribution >= 4 is 23.3 Å². The topological polar surface area (TPSA) is 102 Å². The third-order valence-corrected chi connectivity index (χ3v) is 4.22. The maximum Gasteiger partial charge on any atom is 0.229 e. The first-order chi connectivity index (χ1) is 12.7. The van der Waals surface area contributed by atoms with Crippen molar-refractivity contribution in [3.8, 4) is 6.07 Å². The highest BCUT2D eigenvalue weighted by molar-refractivity contribution is 5.58. The second-order valence-electron chi connectivity index (χ2n) is 6.48. The van der Waals surface area contributed by atoms with Crippen LogP contribution in [0, 0.1) is 18.3 Å². The number of aromatic nitrogens is 4. The van der Waals surface area contributed by atoms with Crippen molar-refractivity contribution in [1.29, 1.82) is 5.26 Å². The standard InChI is InChI=1S/C19H19N7/c1-12-10-17(23-18-11-16(25-26-18)14-4-5-14)24-19(21-12)22-15-6-2-13(3-7-15)8-9-20/h2-3,6-7,10-11,14H,4-5,8H2,1H3,(H3,21,22,23,24,25,26). The van der Waals surface area contributed by atoms with Gasteiger partial charge in [0.05, 0.1) is 12.5 Å². The highest BCUT2D eigenvalue weighted by Crippen LogP contribution is 2.39. The van der Waals surface area contributed by atoms with E-state index in [1.54, 1.807) is 0 Å². The molecular formula is C19H19N7. The molecule has 0 unspecified atom stereocenters. The fourth-order valence-electron chi connectivity index (χ4n) is 2.75. The molecule has 1 aliphatic carbocycles. The van der Waals surface area contributed by atoms with E-state index < -0.39 is 0 Å². The molecule has 4 rings (SSSR count). The molecule has 7 heteroatoms. The highest BCUT2D eigenvalue weighted by atomic mass is 15.2. The molecule has 1 saturated carbocycles. The number of H-pyrrole nitrogens is 1. The number of rotatable bonds is 6. The van der Waals surface area contributed by atoms with Gasteiger partial charge in [0.2, 0.25) is 5.95 Å². The molecule has 0 bridgehead atoms. The summed E-state index contributed by atoms with van der Waals surface area (Å²) in [5.41, 5.74) is 3.88. The van der Waals surface area contributed by atoms with Gasteiger partial charge in [-0.05, 0) is 37.5 Å². The van der Waals surface area contributed by atoms with Crippen LogP contribution < -0.4 is 10.6 Å². The molecule has 26 heavy (non-hydrogen) atoms. The number of aromatic amines is 1. The summed E-state index contributed by atoms with van der Waals surface area (Å²) >= 11 is 0. The van der Waals surface area contributed by atoms with Crippen molar-refractivity contribution in [1.82, 2.24) is 20.2 Å². The fourth-order valence-corrected chi connectivity index (χ4v) is 2.75.